The lowest BCUT2D eigenvalue weighted by molar-refractivity contribution is 0.212. The SMILES string of the molecule is Cc1cc(C)c(OC(CN)c2ccc(F)cc2)cc1C. The lowest BCUT2D eigenvalue weighted by Crippen LogP contribution is -2.19. The normalized spacial score (nSPS) is 12.2. The van der Waals surface area contributed by atoms with Crippen molar-refractivity contribution < 1.29 is 9.13 Å². The van der Waals surface area contributed by atoms with E-state index in [1.54, 1.807) is 12.1 Å². The summed E-state index contributed by atoms with van der Waals surface area (Å²) in [5.41, 5.74) is 10.2. The molecule has 2 nitrogen and oxygen atoms in total. The Morgan fingerprint density at radius 1 is 1.00 bits per heavy atom. The summed E-state index contributed by atoms with van der Waals surface area (Å²) in [6.07, 6.45) is -0.267. The second-order valence-corrected chi connectivity index (χ2v) is 5.10. The van der Waals surface area contributed by atoms with E-state index in [0.29, 0.717) is 6.54 Å². The summed E-state index contributed by atoms with van der Waals surface area (Å²) in [5.74, 6) is 0.569. The number of ether oxygens (including phenoxy) is 1. The molecule has 0 aliphatic carbocycles. The van der Waals surface area contributed by atoms with E-state index in [0.717, 1.165) is 16.9 Å². The molecule has 0 heterocycles. The van der Waals surface area contributed by atoms with Crippen molar-refractivity contribution in [1.82, 2.24) is 0 Å². The van der Waals surface area contributed by atoms with E-state index in [-0.39, 0.29) is 11.9 Å². The molecule has 0 spiro atoms. The van der Waals surface area contributed by atoms with Gasteiger partial charge < -0.3 is 10.5 Å². The molecule has 2 rings (SSSR count). The highest BCUT2D eigenvalue weighted by atomic mass is 19.1. The molecule has 2 aromatic rings. The molecule has 0 saturated heterocycles. The third kappa shape index (κ3) is 3.17. The van der Waals surface area contributed by atoms with Crippen LogP contribution in [0.4, 0.5) is 4.39 Å². The molecule has 0 aromatic heterocycles. The Labute approximate surface area is 119 Å². The van der Waals surface area contributed by atoms with Crippen molar-refractivity contribution in [3.8, 4) is 5.75 Å². The summed E-state index contributed by atoms with van der Waals surface area (Å²) >= 11 is 0. The zero-order valence-electron chi connectivity index (χ0n) is 12.1. The molecular weight excluding hydrogens is 253 g/mol. The summed E-state index contributed by atoms with van der Waals surface area (Å²) in [6, 6.07) is 10.4. The van der Waals surface area contributed by atoms with Crippen LogP contribution in [0, 0.1) is 26.6 Å². The molecule has 106 valence electrons. The van der Waals surface area contributed by atoms with Gasteiger partial charge in [0, 0.05) is 6.54 Å². The summed E-state index contributed by atoms with van der Waals surface area (Å²) < 4.78 is 19.0. The third-order valence-electron chi connectivity index (χ3n) is 3.52. The molecule has 0 fully saturated rings. The smallest absolute Gasteiger partial charge is 0.136 e. The van der Waals surface area contributed by atoms with Crippen LogP contribution in [0.1, 0.15) is 28.4 Å². The average Bonchev–Trinajstić information content (AvgIpc) is 2.42. The van der Waals surface area contributed by atoms with Crippen LogP contribution in [-0.2, 0) is 0 Å². The molecule has 0 aliphatic rings. The summed E-state index contributed by atoms with van der Waals surface area (Å²) in [4.78, 5) is 0. The van der Waals surface area contributed by atoms with Crippen LogP contribution in [0.15, 0.2) is 36.4 Å². The minimum absolute atomic E-state index is 0.258. The predicted molar refractivity (Wildman–Crippen MR) is 79.5 cm³/mol. The Morgan fingerprint density at radius 2 is 1.60 bits per heavy atom. The Morgan fingerprint density at radius 3 is 2.20 bits per heavy atom. The second-order valence-electron chi connectivity index (χ2n) is 5.10. The van der Waals surface area contributed by atoms with E-state index < -0.39 is 0 Å². The highest BCUT2D eigenvalue weighted by Crippen LogP contribution is 2.27. The van der Waals surface area contributed by atoms with E-state index in [4.69, 9.17) is 10.5 Å². The number of hydrogen-bond acceptors (Lipinski definition) is 2. The minimum atomic E-state index is -0.267. The van der Waals surface area contributed by atoms with Gasteiger partial charge in [-0.05, 0) is 61.2 Å². The molecule has 0 amide bonds. The van der Waals surface area contributed by atoms with Gasteiger partial charge in [0.15, 0.2) is 0 Å². The van der Waals surface area contributed by atoms with Gasteiger partial charge in [0.25, 0.3) is 0 Å². The van der Waals surface area contributed by atoms with E-state index >= 15 is 0 Å². The van der Waals surface area contributed by atoms with Crippen molar-refractivity contribution in [3.63, 3.8) is 0 Å². The number of aryl methyl sites for hydroxylation is 3. The van der Waals surface area contributed by atoms with Crippen molar-refractivity contribution in [2.75, 3.05) is 6.54 Å². The molecule has 1 unspecified atom stereocenters. The fourth-order valence-electron chi connectivity index (χ4n) is 2.14. The van der Waals surface area contributed by atoms with Crippen LogP contribution in [0.25, 0.3) is 0 Å². The first-order chi connectivity index (χ1) is 9.51. The number of benzene rings is 2. The van der Waals surface area contributed by atoms with Gasteiger partial charge in [-0.3, -0.25) is 0 Å². The van der Waals surface area contributed by atoms with Gasteiger partial charge in [0.2, 0.25) is 0 Å². The standard InChI is InChI=1S/C17H20FNO/c1-11-8-13(3)16(9-12(11)2)20-17(10-19)14-4-6-15(18)7-5-14/h4-9,17H,10,19H2,1-3H3. The quantitative estimate of drug-likeness (QED) is 0.918. The Bertz CT molecular complexity index is 593. The van der Waals surface area contributed by atoms with Crippen LogP contribution >= 0.6 is 0 Å². The molecule has 3 heteroatoms. The number of hydrogen-bond donors (Lipinski definition) is 1. The number of halogens is 1. The van der Waals surface area contributed by atoms with Crippen molar-refractivity contribution in [2.24, 2.45) is 5.73 Å². The van der Waals surface area contributed by atoms with Gasteiger partial charge >= 0.3 is 0 Å². The van der Waals surface area contributed by atoms with Gasteiger partial charge in [-0.15, -0.1) is 0 Å². The van der Waals surface area contributed by atoms with Gasteiger partial charge in [-0.2, -0.15) is 0 Å². The van der Waals surface area contributed by atoms with E-state index in [9.17, 15) is 4.39 Å². The van der Waals surface area contributed by atoms with Gasteiger partial charge in [-0.25, -0.2) is 4.39 Å². The average molecular weight is 273 g/mol. The van der Waals surface area contributed by atoms with Crippen molar-refractivity contribution in [2.45, 2.75) is 26.9 Å². The molecule has 0 bridgehead atoms. The summed E-state index contributed by atoms with van der Waals surface area (Å²) in [7, 11) is 0. The predicted octanol–water partition coefficient (Wildman–Crippen LogP) is 3.83. The zero-order chi connectivity index (χ0) is 14.7. The maximum absolute atomic E-state index is 13.0. The summed E-state index contributed by atoms with van der Waals surface area (Å²) in [6.45, 7) is 6.49. The first-order valence-electron chi connectivity index (χ1n) is 6.71. The molecular formula is C17H20FNO. The molecule has 2 N–H and O–H groups in total. The Balaban J connectivity index is 2.26. The van der Waals surface area contributed by atoms with Crippen molar-refractivity contribution >= 4 is 0 Å². The largest absolute Gasteiger partial charge is 0.484 e. The fraction of sp³-hybridized carbons (Fsp3) is 0.294. The van der Waals surface area contributed by atoms with Crippen LogP contribution in [-0.4, -0.2) is 6.54 Å². The van der Waals surface area contributed by atoms with Crippen molar-refractivity contribution in [1.29, 1.82) is 0 Å². The molecule has 0 radical (unpaired) electrons. The van der Waals surface area contributed by atoms with Crippen LogP contribution < -0.4 is 10.5 Å². The highest BCUT2D eigenvalue weighted by molar-refractivity contribution is 5.41. The van der Waals surface area contributed by atoms with Crippen molar-refractivity contribution in [3.05, 3.63) is 64.5 Å². The van der Waals surface area contributed by atoms with Gasteiger partial charge in [-0.1, -0.05) is 18.2 Å². The minimum Gasteiger partial charge on any atom is -0.484 e. The lowest BCUT2D eigenvalue weighted by atomic mass is 10.1. The van der Waals surface area contributed by atoms with Gasteiger partial charge in [0.1, 0.15) is 17.7 Å². The molecule has 0 aliphatic heterocycles. The van der Waals surface area contributed by atoms with Crippen LogP contribution in [0.2, 0.25) is 0 Å². The lowest BCUT2D eigenvalue weighted by Gasteiger charge is -2.20. The number of nitrogens with two attached hydrogens (primary N) is 1. The van der Waals surface area contributed by atoms with Crippen LogP contribution in [0.3, 0.4) is 0 Å². The second kappa shape index (κ2) is 6.06. The maximum Gasteiger partial charge on any atom is 0.136 e. The highest BCUT2D eigenvalue weighted by Gasteiger charge is 2.13. The molecule has 20 heavy (non-hydrogen) atoms. The fourth-order valence-corrected chi connectivity index (χ4v) is 2.14. The third-order valence-corrected chi connectivity index (χ3v) is 3.52. The van der Waals surface area contributed by atoms with Gasteiger partial charge in [0.05, 0.1) is 0 Å². The van der Waals surface area contributed by atoms with Crippen LogP contribution in [0.5, 0.6) is 5.75 Å². The van der Waals surface area contributed by atoms with E-state index in [1.165, 1.54) is 23.3 Å². The molecule has 0 saturated carbocycles. The molecule has 2 aromatic carbocycles. The zero-order valence-corrected chi connectivity index (χ0v) is 12.1. The Hall–Kier alpha value is -1.87. The topological polar surface area (TPSA) is 35.2 Å². The first-order valence-corrected chi connectivity index (χ1v) is 6.71. The van der Waals surface area contributed by atoms with E-state index in [2.05, 4.69) is 19.9 Å². The van der Waals surface area contributed by atoms with E-state index in [1.807, 2.05) is 13.0 Å². The number of rotatable bonds is 4. The maximum atomic E-state index is 13.0. The first kappa shape index (κ1) is 14.5. The Kier molecular flexibility index (Phi) is 4.40. The molecule has 1 atom stereocenters. The monoisotopic (exact) mass is 273 g/mol. The summed E-state index contributed by atoms with van der Waals surface area (Å²) in [5, 5.41) is 0.